The van der Waals surface area contributed by atoms with E-state index in [2.05, 4.69) is 88.4 Å². The number of benzene rings is 2. The standard InChI is InChI=1S/C25H39N3.2BrH.Co/c1-18-14-20(3)24(21(4)15-18)26-10-8-12-28(7)13-9-11-27-25-22(5)16-19(2)17-23(25)6;;;/h14-17,26-27H,8-13H2,1-7H3;2*1H;/q;;;+2/p-2. The van der Waals surface area contributed by atoms with Crippen LogP contribution in [0.3, 0.4) is 0 Å². The summed E-state index contributed by atoms with van der Waals surface area (Å²) >= 11 is 0. The molecule has 0 saturated heterocycles. The van der Waals surface area contributed by atoms with Gasteiger partial charge in [-0.25, -0.2) is 0 Å². The molecule has 0 aliphatic heterocycles. The van der Waals surface area contributed by atoms with Gasteiger partial charge in [-0.2, -0.15) is 0 Å². The van der Waals surface area contributed by atoms with Crippen molar-refractivity contribution in [1.82, 2.24) is 4.90 Å². The average molecular weight is 600 g/mol. The van der Waals surface area contributed by atoms with Crippen molar-refractivity contribution >= 4 is 11.4 Å². The fraction of sp³-hybridized carbons (Fsp3) is 0.520. The molecule has 0 heterocycles. The van der Waals surface area contributed by atoms with Gasteiger partial charge < -0.3 is 49.5 Å². The summed E-state index contributed by atoms with van der Waals surface area (Å²) in [5.41, 5.74) is 10.7. The molecule has 2 N–H and O–H groups in total. The van der Waals surface area contributed by atoms with Crippen LogP contribution < -0.4 is 44.6 Å². The largest absolute Gasteiger partial charge is 2.00 e. The molecule has 2 aromatic rings. The van der Waals surface area contributed by atoms with Crippen molar-refractivity contribution in [1.29, 1.82) is 0 Å². The van der Waals surface area contributed by atoms with Crippen LogP contribution in [-0.4, -0.2) is 38.1 Å². The predicted molar refractivity (Wildman–Crippen MR) is 125 cm³/mol. The third-order valence-corrected chi connectivity index (χ3v) is 5.39. The molecular weight excluding hydrogens is 561 g/mol. The maximum Gasteiger partial charge on any atom is 2.00 e. The second kappa shape index (κ2) is 16.1. The van der Waals surface area contributed by atoms with Crippen molar-refractivity contribution in [3.63, 3.8) is 0 Å². The van der Waals surface area contributed by atoms with Gasteiger partial charge in [0.15, 0.2) is 0 Å². The van der Waals surface area contributed by atoms with Gasteiger partial charge in [0.25, 0.3) is 0 Å². The van der Waals surface area contributed by atoms with Crippen LogP contribution in [0.25, 0.3) is 0 Å². The second-order valence-corrected chi connectivity index (χ2v) is 8.41. The van der Waals surface area contributed by atoms with E-state index in [1.54, 1.807) is 0 Å². The van der Waals surface area contributed by atoms with Crippen LogP contribution in [0.4, 0.5) is 11.4 Å². The Hall–Kier alpha value is -0.534. The quantitative estimate of drug-likeness (QED) is 0.370. The molecular formula is C25H39Br2CoN3. The molecule has 0 spiro atoms. The summed E-state index contributed by atoms with van der Waals surface area (Å²) < 4.78 is 0. The SMILES string of the molecule is Cc1cc(C)c(NCCCN(C)CCCNc2c(C)cc(C)cc2C)c(C)c1.[Br-].[Br-].[Co+2]. The van der Waals surface area contributed by atoms with Gasteiger partial charge >= 0.3 is 16.8 Å². The number of halogens is 2. The monoisotopic (exact) mass is 598 g/mol. The van der Waals surface area contributed by atoms with E-state index < -0.39 is 0 Å². The Labute approximate surface area is 221 Å². The minimum atomic E-state index is 0. The number of nitrogens with one attached hydrogen (secondary N) is 2. The molecule has 0 unspecified atom stereocenters. The Morgan fingerprint density at radius 3 is 1.19 bits per heavy atom. The summed E-state index contributed by atoms with van der Waals surface area (Å²) in [6.45, 7) is 17.4. The number of nitrogens with zero attached hydrogens (tertiary/aromatic N) is 1. The fourth-order valence-corrected chi connectivity index (χ4v) is 4.15. The van der Waals surface area contributed by atoms with Gasteiger partial charge in [0.1, 0.15) is 0 Å². The van der Waals surface area contributed by atoms with Crippen LogP contribution in [0.2, 0.25) is 0 Å². The van der Waals surface area contributed by atoms with Gasteiger partial charge in [0.05, 0.1) is 0 Å². The Morgan fingerprint density at radius 2 is 0.903 bits per heavy atom. The van der Waals surface area contributed by atoms with Crippen molar-refractivity contribution < 1.29 is 50.7 Å². The number of rotatable bonds is 10. The van der Waals surface area contributed by atoms with Crippen molar-refractivity contribution in [3.05, 3.63) is 57.6 Å². The van der Waals surface area contributed by atoms with Gasteiger partial charge in [-0.3, -0.25) is 0 Å². The minimum absolute atomic E-state index is 0. The maximum absolute atomic E-state index is 3.63. The van der Waals surface area contributed by atoms with Gasteiger partial charge in [-0.15, -0.1) is 0 Å². The summed E-state index contributed by atoms with van der Waals surface area (Å²) in [4.78, 5) is 2.44. The van der Waals surface area contributed by atoms with Gasteiger partial charge in [-0.05, 0) is 96.8 Å². The van der Waals surface area contributed by atoms with E-state index in [0.29, 0.717) is 0 Å². The van der Waals surface area contributed by atoms with E-state index in [-0.39, 0.29) is 50.7 Å². The predicted octanol–water partition coefficient (Wildman–Crippen LogP) is -0.221. The van der Waals surface area contributed by atoms with E-state index in [0.717, 1.165) is 39.0 Å². The van der Waals surface area contributed by atoms with Gasteiger partial charge in [0, 0.05) is 24.5 Å². The molecule has 1 radical (unpaired) electrons. The Bertz CT molecular complexity index is 685. The smallest absolute Gasteiger partial charge is 1.00 e. The molecule has 2 aromatic carbocycles. The maximum atomic E-state index is 3.63. The first-order valence-corrected chi connectivity index (χ1v) is 10.6. The van der Waals surface area contributed by atoms with Crippen molar-refractivity contribution in [3.8, 4) is 0 Å². The molecule has 0 aromatic heterocycles. The molecule has 177 valence electrons. The topological polar surface area (TPSA) is 27.3 Å². The molecule has 31 heavy (non-hydrogen) atoms. The Morgan fingerprint density at radius 1 is 0.613 bits per heavy atom. The van der Waals surface area contributed by atoms with Crippen LogP contribution in [0.15, 0.2) is 24.3 Å². The molecule has 2 rings (SSSR count). The van der Waals surface area contributed by atoms with Crippen LogP contribution in [0.5, 0.6) is 0 Å². The van der Waals surface area contributed by atoms with E-state index >= 15 is 0 Å². The number of aryl methyl sites for hydroxylation is 6. The number of anilines is 2. The van der Waals surface area contributed by atoms with Crippen LogP contribution >= 0.6 is 0 Å². The molecule has 0 aliphatic carbocycles. The van der Waals surface area contributed by atoms with Crippen LogP contribution in [-0.2, 0) is 16.8 Å². The second-order valence-electron chi connectivity index (χ2n) is 8.41. The molecule has 0 amide bonds. The zero-order valence-corrected chi connectivity index (χ0v) is 24.3. The molecule has 0 aliphatic rings. The average Bonchev–Trinajstić information content (AvgIpc) is 2.58. The first kappa shape index (κ1) is 32.6. The van der Waals surface area contributed by atoms with E-state index in [4.69, 9.17) is 0 Å². The summed E-state index contributed by atoms with van der Waals surface area (Å²) in [6.07, 6.45) is 2.32. The zero-order chi connectivity index (χ0) is 20.7. The first-order valence-electron chi connectivity index (χ1n) is 10.6. The molecule has 6 heteroatoms. The Balaban J connectivity index is 0. The van der Waals surface area contributed by atoms with Crippen molar-refractivity contribution in [2.24, 2.45) is 0 Å². The van der Waals surface area contributed by atoms with Crippen LogP contribution in [0.1, 0.15) is 46.2 Å². The molecule has 0 saturated carbocycles. The van der Waals surface area contributed by atoms with Crippen LogP contribution in [0, 0.1) is 41.5 Å². The number of hydrogen-bond donors (Lipinski definition) is 2. The Kier molecular flexibility index (Phi) is 17.0. The van der Waals surface area contributed by atoms with Crippen molar-refractivity contribution in [2.75, 3.05) is 43.9 Å². The normalized spacial score (nSPS) is 10.1. The fourth-order valence-electron chi connectivity index (χ4n) is 4.15. The third-order valence-electron chi connectivity index (χ3n) is 5.39. The molecule has 0 atom stereocenters. The van der Waals surface area contributed by atoms with E-state index in [1.807, 2.05) is 0 Å². The first-order chi connectivity index (χ1) is 13.3. The summed E-state index contributed by atoms with van der Waals surface area (Å²) in [6, 6.07) is 9.02. The summed E-state index contributed by atoms with van der Waals surface area (Å²) in [5.74, 6) is 0. The molecule has 3 nitrogen and oxygen atoms in total. The minimum Gasteiger partial charge on any atom is -1.00 e. The zero-order valence-electron chi connectivity index (χ0n) is 20.1. The summed E-state index contributed by atoms with van der Waals surface area (Å²) in [7, 11) is 2.23. The molecule has 0 bridgehead atoms. The van der Waals surface area contributed by atoms with E-state index in [1.165, 1.54) is 44.8 Å². The van der Waals surface area contributed by atoms with Crippen molar-refractivity contribution in [2.45, 2.75) is 54.4 Å². The molecule has 0 fully saturated rings. The summed E-state index contributed by atoms with van der Waals surface area (Å²) in [5, 5.41) is 7.26. The number of hydrogen-bond acceptors (Lipinski definition) is 3. The van der Waals surface area contributed by atoms with E-state index in [9.17, 15) is 0 Å². The van der Waals surface area contributed by atoms with Gasteiger partial charge in [-0.1, -0.05) is 35.4 Å². The third kappa shape index (κ3) is 10.8. The van der Waals surface area contributed by atoms with Gasteiger partial charge in [0.2, 0.25) is 0 Å².